The van der Waals surface area contributed by atoms with Crippen molar-refractivity contribution < 1.29 is 39.4 Å². The van der Waals surface area contributed by atoms with Crippen LogP contribution in [0.3, 0.4) is 0 Å². The molecule has 4 N–H and O–H groups in total. The van der Waals surface area contributed by atoms with Gasteiger partial charge in [-0.3, -0.25) is 4.79 Å². The van der Waals surface area contributed by atoms with E-state index in [2.05, 4.69) is 13.5 Å². The van der Waals surface area contributed by atoms with E-state index in [0.29, 0.717) is 12.8 Å². The van der Waals surface area contributed by atoms with Gasteiger partial charge in [0.2, 0.25) is 0 Å². The molecule has 2 aliphatic heterocycles. The van der Waals surface area contributed by atoms with Crippen molar-refractivity contribution in [2.75, 3.05) is 6.61 Å². The second-order valence-electron chi connectivity index (χ2n) is 14.3. The van der Waals surface area contributed by atoms with E-state index in [1.165, 1.54) is 51.4 Å². The molecular formula is C34H53ClO8. The molecule has 8 nitrogen and oxygen atoms in total. The summed E-state index contributed by atoms with van der Waals surface area (Å²) in [5, 5.41) is 44.5. The highest BCUT2D eigenvalue weighted by Crippen LogP contribution is 2.70. The first-order valence-corrected chi connectivity index (χ1v) is 17.1. The molecule has 3 bridgehead atoms. The van der Waals surface area contributed by atoms with Crippen molar-refractivity contribution in [3.8, 4) is 0 Å². The van der Waals surface area contributed by atoms with Gasteiger partial charge < -0.3 is 34.6 Å². The number of carbonyl (C=O) groups excluding carboxylic acids is 1. The van der Waals surface area contributed by atoms with Gasteiger partial charge in [-0.25, -0.2) is 0 Å². The number of ether oxygens (including phenoxy) is 3. The SMILES string of the molecule is C=C(C)[C@@]12C[C@H](C)[C@]34O[C@@](CCCCCCCCCCCCC)(O[C@H]1[C@H]3[C@H](Cl)[C@](O)(CO)[C@@H](O)[C@@]1(O)C(=O)C(C)=C[C@@H]14)O2. The van der Waals surface area contributed by atoms with Crippen LogP contribution >= 0.6 is 11.6 Å². The number of fused-ring (bicyclic) bond motifs is 2. The highest BCUT2D eigenvalue weighted by Gasteiger charge is 2.83. The molecular weight excluding hydrogens is 572 g/mol. The minimum atomic E-state index is -2.45. The maximum atomic E-state index is 13.6. The predicted octanol–water partition coefficient (Wildman–Crippen LogP) is 5.08. The van der Waals surface area contributed by atoms with Crippen molar-refractivity contribution >= 4 is 17.4 Å². The van der Waals surface area contributed by atoms with E-state index in [0.717, 1.165) is 24.8 Å². The van der Waals surface area contributed by atoms with Crippen molar-refractivity contribution in [1.29, 1.82) is 0 Å². The van der Waals surface area contributed by atoms with Gasteiger partial charge in [-0.2, -0.15) is 0 Å². The minimum Gasteiger partial charge on any atom is -0.393 e. The van der Waals surface area contributed by atoms with Gasteiger partial charge in [-0.05, 0) is 43.8 Å². The van der Waals surface area contributed by atoms with Crippen LogP contribution in [0.25, 0.3) is 0 Å². The molecule has 9 heteroatoms. The van der Waals surface area contributed by atoms with Gasteiger partial charge in [0.15, 0.2) is 11.4 Å². The number of halogens is 1. The normalized spacial score (nSPS) is 46.4. The zero-order valence-electron chi connectivity index (χ0n) is 26.4. The fourth-order valence-corrected chi connectivity index (χ4v) is 9.67. The molecule has 0 aromatic heterocycles. The van der Waals surface area contributed by atoms with Crippen molar-refractivity contribution in [2.24, 2.45) is 17.8 Å². The second kappa shape index (κ2) is 12.1. The third-order valence-corrected chi connectivity index (χ3v) is 12.2. The van der Waals surface area contributed by atoms with Crippen LogP contribution < -0.4 is 0 Å². The number of aliphatic hydroxyl groups excluding tert-OH is 2. The number of Topliss-reactive ketones (excluding diaryl/α,β-unsaturated/α-hetero) is 1. The fourth-order valence-electron chi connectivity index (χ4n) is 9.16. The molecule has 2 saturated carbocycles. The van der Waals surface area contributed by atoms with Crippen LogP contribution in [0.5, 0.6) is 0 Å². The summed E-state index contributed by atoms with van der Waals surface area (Å²) in [6, 6.07) is 0. The third kappa shape index (κ3) is 4.84. The molecule has 43 heavy (non-hydrogen) atoms. The second-order valence-corrected chi connectivity index (χ2v) is 14.8. The lowest BCUT2D eigenvalue weighted by Crippen LogP contribution is -2.72. The summed E-state index contributed by atoms with van der Waals surface area (Å²) < 4.78 is 20.5. The summed E-state index contributed by atoms with van der Waals surface area (Å²) >= 11 is 7.08. The molecule has 0 unspecified atom stereocenters. The van der Waals surface area contributed by atoms with Crippen LogP contribution in [0.15, 0.2) is 23.8 Å². The molecule has 2 saturated heterocycles. The Morgan fingerprint density at radius 1 is 1.05 bits per heavy atom. The molecule has 0 radical (unpaired) electrons. The maximum absolute atomic E-state index is 13.6. The lowest BCUT2D eigenvalue weighted by Gasteiger charge is -2.60. The molecule has 244 valence electrons. The van der Waals surface area contributed by atoms with Crippen molar-refractivity contribution in [3.05, 3.63) is 23.8 Å². The van der Waals surface area contributed by atoms with Crippen LogP contribution in [0.4, 0.5) is 0 Å². The van der Waals surface area contributed by atoms with E-state index >= 15 is 0 Å². The number of aliphatic hydroxyl groups is 4. The largest absolute Gasteiger partial charge is 0.393 e. The maximum Gasteiger partial charge on any atom is 0.284 e. The zero-order valence-corrected chi connectivity index (χ0v) is 27.2. The molecule has 5 aliphatic rings. The average molecular weight is 625 g/mol. The highest BCUT2D eigenvalue weighted by atomic mass is 35.5. The van der Waals surface area contributed by atoms with E-state index in [-0.39, 0.29) is 11.5 Å². The Hall–Kier alpha value is -0.840. The molecule has 2 heterocycles. The lowest BCUT2D eigenvalue weighted by atomic mass is 9.54. The van der Waals surface area contributed by atoms with Gasteiger partial charge in [0.25, 0.3) is 5.97 Å². The molecule has 11 atom stereocenters. The van der Waals surface area contributed by atoms with Crippen LogP contribution in [0.2, 0.25) is 0 Å². The Bertz CT molecular complexity index is 1110. The fraction of sp³-hybridized carbons (Fsp3) is 0.853. The van der Waals surface area contributed by atoms with Gasteiger partial charge in [0.05, 0.1) is 17.6 Å². The first kappa shape index (κ1) is 33.5. The third-order valence-electron chi connectivity index (χ3n) is 11.5. The average Bonchev–Trinajstić information content (AvgIpc) is 3.32. The first-order chi connectivity index (χ1) is 20.3. The summed E-state index contributed by atoms with van der Waals surface area (Å²) in [5.74, 6) is -4.39. The Morgan fingerprint density at radius 3 is 2.19 bits per heavy atom. The molecule has 0 aromatic rings. The molecule has 0 spiro atoms. The van der Waals surface area contributed by atoms with Crippen LogP contribution in [-0.4, -0.2) is 78.8 Å². The van der Waals surface area contributed by atoms with Gasteiger partial charge in [0.1, 0.15) is 23.4 Å². The van der Waals surface area contributed by atoms with Crippen LogP contribution in [0.1, 0.15) is 111 Å². The summed E-state index contributed by atoms with van der Waals surface area (Å²) in [6.45, 7) is 11.0. The Kier molecular flexibility index (Phi) is 9.41. The number of ketones is 1. The summed E-state index contributed by atoms with van der Waals surface area (Å²) in [6.07, 6.45) is 12.8. The van der Waals surface area contributed by atoms with E-state index < -0.39 is 70.2 Å². The van der Waals surface area contributed by atoms with Crippen molar-refractivity contribution in [3.63, 3.8) is 0 Å². The first-order valence-electron chi connectivity index (χ1n) is 16.7. The van der Waals surface area contributed by atoms with Gasteiger partial charge in [0, 0.05) is 18.3 Å². The van der Waals surface area contributed by atoms with Gasteiger partial charge >= 0.3 is 0 Å². The lowest BCUT2D eigenvalue weighted by molar-refractivity contribution is -0.428. The van der Waals surface area contributed by atoms with Crippen molar-refractivity contribution in [1.82, 2.24) is 0 Å². The topological polar surface area (TPSA) is 126 Å². The number of hydrogen-bond acceptors (Lipinski definition) is 8. The molecule has 0 amide bonds. The summed E-state index contributed by atoms with van der Waals surface area (Å²) in [5.41, 5.74) is -6.19. The van der Waals surface area contributed by atoms with Crippen LogP contribution in [0, 0.1) is 17.8 Å². The summed E-state index contributed by atoms with van der Waals surface area (Å²) in [4.78, 5) is 13.6. The van der Waals surface area contributed by atoms with Crippen molar-refractivity contribution in [2.45, 2.75) is 157 Å². The van der Waals surface area contributed by atoms with Gasteiger partial charge in [-0.15, -0.1) is 11.6 Å². The molecule has 5 rings (SSSR count). The van der Waals surface area contributed by atoms with E-state index in [1.54, 1.807) is 13.0 Å². The minimum absolute atomic E-state index is 0.264. The monoisotopic (exact) mass is 624 g/mol. The molecule has 3 aliphatic carbocycles. The van der Waals surface area contributed by atoms with E-state index in [4.69, 9.17) is 25.8 Å². The standard InChI is InChI=1S/C34H53ClO8/c1-6-7-8-9-10-11-12-13-14-15-16-17-32-41-28-25-26(35)30(39,20-36)29(38)33(40)24(18-22(4)27(33)37)34(25,43-32)23(5)19-31(28,42-32)21(2)3/h18,23-26,28-29,36,38-40H,2,6-17,19-20H2,1,3-5H3/t23-,24-,25+,26-,28-,29+,30+,31-,32-,33-,34+/m0/s1. The molecule has 0 aromatic carbocycles. The van der Waals surface area contributed by atoms with E-state index in [1.807, 2.05) is 13.8 Å². The Balaban J connectivity index is 1.42. The Morgan fingerprint density at radius 2 is 1.63 bits per heavy atom. The number of rotatable bonds is 14. The quantitative estimate of drug-likeness (QED) is 0.120. The van der Waals surface area contributed by atoms with Crippen LogP contribution in [-0.2, 0) is 19.0 Å². The van der Waals surface area contributed by atoms with Gasteiger partial charge in [-0.1, -0.05) is 90.7 Å². The highest BCUT2D eigenvalue weighted by molar-refractivity contribution is 6.22. The zero-order chi connectivity index (χ0) is 31.4. The predicted molar refractivity (Wildman–Crippen MR) is 163 cm³/mol. The smallest absolute Gasteiger partial charge is 0.284 e. The number of carbonyl (C=O) groups is 1. The number of alkyl halides is 1. The summed E-state index contributed by atoms with van der Waals surface area (Å²) in [7, 11) is 0. The molecule has 4 fully saturated rings. The number of unbranched alkanes of at least 4 members (excludes halogenated alkanes) is 10. The van der Waals surface area contributed by atoms with E-state index in [9.17, 15) is 25.2 Å². The number of hydrogen-bond donors (Lipinski definition) is 4. The Labute approximate surface area is 261 Å².